The van der Waals surface area contributed by atoms with Crippen LogP contribution in [-0.2, 0) is 21.4 Å². The van der Waals surface area contributed by atoms with Crippen molar-refractivity contribution in [2.75, 3.05) is 20.3 Å². The highest BCUT2D eigenvalue weighted by Gasteiger charge is 2.51. The maximum Gasteiger partial charge on any atom is 0.233 e. The Balaban J connectivity index is 1.24. The van der Waals surface area contributed by atoms with E-state index < -0.39 is 5.41 Å². The van der Waals surface area contributed by atoms with Gasteiger partial charge in [0, 0.05) is 43.1 Å². The lowest BCUT2D eigenvalue weighted by Gasteiger charge is -2.46. The minimum atomic E-state index is -0.485. The maximum atomic E-state index is 14.4. The lowest BCUT2D eigenvalue weighted by atomic mass is 9.72. The highest BCUT2D eigenvalue weighted by atomic mass is 16.5. The number of aromatic nitrogens is 1. The molecule has 0 saturated carbocycles. The van der Waals surface area contributed by atoms with Gasteiger partial charge in [0.15, 0.2) is 0 Å². The van der Waals surface area contributed by atoms with Crippen molar-refractivity contribution < 1.29 is 14.3 Å². The first-order chi connectivity index (χ1) is 17.2. The van der Waals surface area contributed by atoms with Crippen molar-refractivity contribution >= 4 is 16.7 Å². The fraction of sp³-hybridized carbons (Fsp3) is 0.467. The number of amides is 1. The average Bonchev–Trinajstić information content (AvgIpc) is 3.18. The van der Waals surface area contributed by atoms with Gasteiger partial charge in [0.25, 0.3) is 0 Å². The van der Waals surface area contributed by atoms with Crippen LogP contribution in [0.5, 0.6) is 5.75 Å². The maximum absolute atomic E-state index is 14.4. The SMILES string of the molecule is COc1ccc(C2(C(=O)N3[C@H]4CC[C@H]3CC(Cc3cccc5cnccc35)C4)CCOCC2)cc1. The van der Waals surface area contributed by atoms with Crippen LogP contribution in [0.1, 0.15) is 49.7 Å². The number of rotatable bonds is 5. The molecule has 5 heteroatoms. The molecule has 3 aromatic rings. The van der Waals surface area contributed by atoms with E-state index in [1.54, 1.807) is 7.11 Å². The highest BCUT2D eigenvalue weighted by Crippen LogP contribution is 2.45. The highest BCUT2D eigenvalue weighted by molar-refractivity contribution is 5.89. The van der Waals surface area contributed by atoms with Gasteiger partial charge in [-0.1, -0.05) is 30.3 Å². The average molecular weight is 471 g/mol. The summed E-state index contributed by atoms with van der Waals surface area (Å²) in [6.45, 7) is 1.28. The van der Waals surface area contributed by atoms with E-state index >= 15 is 0 Å². The Morgan fingerprint density at radius 2 is 1.80 bits per heavy atom. The van der Waals surface area contributed by atoms with Gasteiger partial charge in [0.2, 0.25) is 5.91 Å². The third-order valence-electron chi connectivity index (χ3n) is 8.74. The van der Waals surface area contributed by atoms with E-state index in [1.807, 2.05) is 24.5 Å². The third kappa shape index (κ3) is 4.00. The topological polar surface area (TPSA) is 51.7 Å². The molecule has 0 spiro atoms. The largest absolute Gasteiger partial charge is 0.497 e. The first-order valence-electron chi connectivity index (χ1n) is 13.0. The summed E-state index contributed by atoms with van der Waals surface area (Å²) in [6, 6.07) is 17.5. The summed E-state index contributed by atoms with van der Waals surface area (Å²) in [6.07, 6.45) is 10.9. The molecule has 35 heavy (non-hydrogen) atoms. The van der Waals surface area contributed by atoms with Gasteiger partial charge < -0.3 is 14.4 Å². The zero-order valence-corrected chi connectivity index (χ0v) is 20.5. The Bertz CT molecular complexity index is 1180. The summed E-state index contributed by atoms with van der Waals surface area (Å²) in [5.41, 5.74) is 2.03. The summed E-state index contributed by atoms with van der Waals surface area (Å²) < 4.78 is 11.1. The number of carbonyl (C=O) groups excluding carboxylic acids is 1. The molecule has 0 unspecified atom stereocenters. The number of benzene rings is 2. The predicted molar refractivity (Wildman–Crippen MR) is 137 cm³/mol. The Kier molecular flexibility index (Phi) is 5.97. The monoisotopic (exact) mass is 470 g/mol. The summed E-state index contributed by atoms with van der Waals surface area (Å²) in [5.74, 6) is 1.77. The van der Waals surface area contributed by atoms with Crippen LogP contribution in [0.4, 0.5) is 0 Å². The van der Waals surface area contributed by atoms with Gasteiger partial charge in [-0.15, -0.1) is 0 Å². The summed E-state index contributed by atoms with van der Waals surface area (Å²) in [5, 5.41) is 2.52. The van der Waals surface area contributed by atoms with Crippen LogP contribution in [-0.4, -0.2) is 48.2 Å². The van der Waals surface area contributed by atoms with Crippen LogP contribution in [0.15, 0.2) is 60.9 Å². The summed E-state index contributed by atoms with van der Waals surface area (Å²) in [7, 11) is 1.68. The molecule has 2 aromatic carbocycles. The predicted octanol–water partition coefficient (Wildman–Crippen LogP) is 5.30. The number of hydrogen-bond donors (Lipinski definition) is 0. The van der Waals surface area contributed by atoms with Gasteiger partial charge in [0.05, 0.1) is 12.5 Å². The van der Waals surface area contributed by atoms with Gasteiger partial charge in [-0.25, -0.2) is 0 Å². The molecule has 3 aliphatic heterocycles. The Hall–Kier alpha value is -2.92. The van der Waals surface area contributed by atoms with Crippen LogP contribution in [0.2, 0.25) is 0 Å². The molecule has 0 N–H and O–H groups in total. The number of nitrogens with zero attached hydrogens (tertiary/aromatic N) is 2. The van der Waals surface area contributed by atoms with E-state index in [-0.39, 0.29) is 0 Å². The number of ether oxygens (including phenoxy) is 2. The van der Waals surface area contributed by atoms with Crippen LogP contribution in [0, 0.1) is 5.92 Å². The van der Waals surface area contributed by atoms with Crippen LogP contribution < -0.4 is 4.74 Å². The number of piperidine rings is 1. The van der Waals surface area contributed by atoms with Gasteiger partial charge in [-0.3, -0.25) is 9.78 Å². The van der Waals surface area contributed by atoms with E-state index in [0.29, 0.717) is 37.1 Å². The second-order valence-electron chi connectivity index (χ2n) is 10.6. The normalized spacial score (nSPS) is 25.5. The lowest BCUT2D eigenvalue weighted by molar-refractivity contribution is -0.146. The molecular weight excluding hydrogens is 436 g/mol. The number of fused-ring (bicyclic) bond motifs is 3. The van der Waals surface area contributed by atoms with E-state index in [9.17, 15) is 4.79 Å². The Labute approximate surface area is 207 Å². The zero-order chi connectivity index (χ0) is 23.8. The van der Waals surface area contributed by atoms with Crippen molar-refractivity contribution in [1.82, 2.24) is 9.88 Å². The Morgan fingerprint density at radius 1 is 1.06 bits per heavy atom. The minimum absolute atomic E-state index is 0.327. The van der Waals surface area contributed by atoms with Crippen molar-refractivity contribution in [2.24, 2.45) is 5.92 Å². The van der Waals surface area contributed by atoms with Crippen molar-refractivity contribution in [3.05, 3.63) is 72.1 Å². The van der Waals surface area contributed by atoms with Crippen LogP contribution in [0.3, 0.4) is 0 Å². The smallest absolute Gasteiger partial charge is 0.233 e. The van der Waals surface area contributed by atoms with Gasteiger partial charge in [-0.05, 0) is 85.6 Å². The molecule has 1 amide bonds. The fourth-order valence-electron chi connectivity index (χ4n) is 6.97. The second-order valence-corrected chi connectivity index (χ2v) is 10.6. The van der Waals surface area contributed by atoms with Crippen molar-refractivity contribution in [1.29, 1.82) is 0 Å². The molecular formula is C30H34N2O3. The molecule has 3 aliphatic rings. The molecule has 0 aliphatic carbocycles. The first-order valence-corrected chi connectivity index (χ1v) is 13.0. The van der Waals surface area contributed by atoms with Crippen LogP contribution in [0.25, 0.3) is 10.8 Å². The molecule has 1 aromatic heterocycles. The van der Waals surface area contributed by atoms with Gasteiger partial charge in [-0.2, -0.15) is 0 Å². The standard InChI is InChI=1S/C30H34N2O3/c1-34-27-9-5-24(6-10-27)30(12-15-35-16-13-30)29(33)32-25-7-8-26(32)19-21(18-25)17-22-3-2-4-23-20-31-14-11-28(22)23/h2-6,9-11,14,20-21,25-26H,7-8,12-13,15-19H2,1H3/t25-,26-/m0/s1. The van der Waals surface area contributed by atoms with E-state index in [0.717, 1.165) is 56.3 Å². The molecule has 3 saturated heterocycles. The van der Waals surface area contributed by atoms with E-state index in [4.69, 9.17) is 9.47 Å². The van der Waals surface area contributed by atoms with E-state index in [1.165, 1.54) is 16.3 Å². The van der Waals surface area contributed by atoms with Crippen molar-refractivity contribution in [2.45, 2.75) is 62.4 Å². The quantitative estimate of drug-likeness (QED) is 0.508. The summed E-state index contributed by atoms with van der Waals surface area (Å²) in [4.78, 5) is 21.0. The number of carbonyl (C=O) groups is 1. The molecule has 182 valence electrons. The third-order valence-corrected chi connectivity index (χ3v) is 8.74. The fourth-order valence-corrected chi connectivity index (χ4v) is 6.97. The zero-order valence-electron chi connectivity index (χ0n) is 20.5. The van der Waals surface area contributed by atoms with Crippen molar-refractivity contribution in [3.8, 4) is 5.75 Å². The van der Waals surface area contributed by atoms with Crippen LogP contribution >= 0.6 is 0 Å². The molecule has 0 radical (unpaired) electrons. The first kappa shape index (κ1) is 22.5. The number of methoxy groups -OCH3 is 1. The Morgan fingerprint density at radius 3 is 2.51 bits per heavy atom. The molecule has 5 nitrogen and oxygen atoms in total. The van der Waals surface area contributed by atoms with E-state index in [2.05, 4.69) is 46.3 Å². The van der Waals surface area contributed by atoms with Gasteiger partial charge in [0.1, 0.15) is 5.75 Å². The lowest BCUT2D eigenvalue weighted by Crippen LogP contribution is -2.56. The van der Waals surface area contributed by atoms with Crippen molar-refractivity contribution in [3.63, 3.8) is 0 Å². The minimum Gasteiger partial charge on any atom is -0.497 e. The van der Waals surface area contributed by atoms with Gasteiger partial charge >= 0.3 is 0 Å². The molecule has 6 rings (SSSR count). The number of hydrogen-bond acceptors (Lipinski definition) is 4. The number of pyridine rings is 1. The molecule has 4 heterocycles. The molecule has 3 fully saturated rings. The summed E-state index contributed by atoms with van der Waals surface area (Å²) >= 11 is 0. The second kappa shape index (κ2) is 9.27. The molecule has 2 bridgehead atoms. The molecule has 2 atom stereocenters.